The summed E-state index contributed by atoms with van der Waals surface area (Å²) in [4.78, 5) is 8.68. The fourth-order valence-corrected chi connectivity index (χ4v) is 2.18. The van der Waals surface area contributed by atoms with Crippen molar-refractivity contribution in [1.29, 1.82) is 0 Å². The average molecular weight is 207 g/mol. The molecule has 0 spiro atoms. The van der Waals surface area contributed by atoms with Crippen LogP contribution in [0, 0.1) is 6.92 Å². The molecule has 14 heavy (non-hydrogen) atoms. The number of hydrogen-bond donors (Lipinski definition) is 1. The SMILES string of the molecule is Cc1ncccc1NC1=NC(C)CS1. The van der Waals surface area contributed by atoms with Crippen molar-refractivity contribution in [3.05, 3.63) is 24.0 Å². The number of rotatable bonds is 1. The van der Waals surface area contributed by atoms with E-state index in [1.807, 2.05) is 19.1 Å². The van der Waals surface area contributed by atoms with E-state index in [1.165, 1.54) is 0 Å². The van der Waals surface area contributed by atoms with Crippen LogP contribution in [-0.4, -0.2) is 21.9 Å². The van der Waals surface area contributed by atoms with Crippen molar-refractivity contribution in [3.63, 3.8) is 0 Å². The summed E-state index contributed by atoms with van der Waals surface area (Å²) < 4.78 is 0. The maximum Gasteiger partial charge on any atom is 0.161 e. The zero-order valence-electron chi connectivity index (χ0n) is 8.32. The van der Waals surface area contributed by atoms with E-state index >= 15 is 0 Å². The molecule has 1 aliphatic heterocycles. The molecule has 0 saturated carbocycles. The Hall–Kier alpha value is -1.03. The average Bonchev–Trinajstić information content (AvgIpc) is 2.56. The Kier molecular flexibility index (Phi) is 2.72. The maximum atomic E-state index is 4.47. The van der Waals surface area contributed by atoms with Crippen LogP contribution in [0.15, 0.2) is 23.3 Å². The predicted molar refractivity (Wildman–Crippen MR) is 62.0 cm³/mol. The lowest BCUT2D eigenvalue weighted by atomic mass is 10.3. The van der Waals surface area contributed by atoms with Gasteiger partial charge in [0.05, 0.1) is 17.4 Å². The Morgan fingerprint density at radius 3 is 3.07 bits per heavy atom. The molecule has 1 aliphatic rings. The molecule has 2 rings (SSSR count). The number of aromatic nitrogens is 1. The first-order chi connectivity index (χ1) is 6.75. The van der Waals surface area contributed by atoms with E-state index in [2.05, 4.69) is 22.2 Å². The van der Waals surface area contributed by atoms with E-state index in [0.29, 0.717) is 6.04 Å². The van der Waals surface area contributed by atoms with Gasteiger partial charge in [0, 0.05) is 11.9 Å². The number of aliphatic imine (C=N–C) groups is 1. The predicted octanol–water partition coefficient (Wildman–Crippen LogP) is 2.29. The van der Waals surface area contributed by atoms with Gasteiger partial charge in [-0.3, -0.25) is 9.98 Å². The fraction of sp³-hybridized carbons (Fsp3) is 0.400. The number of thioether (sulfide) groups is 1. The molecule has 1 N–H and O–H groups in total. The van der Waals surface area contributed by atoms with E-state index in [-0.39, 0.29) is 0 Å². The number of nitrogens with zero attached hydrogens (tertiary/aromatic N) is 2. The quantitative estimate of drug-likeness (QED) is 0.767. The number of aryl methyl sites for hydroxylation is 1. The molecule has 1 aromatic rings. The fourth-order valence-electron chi connectivity index (χ4n) is 1.27. The molecule has 0 aromatic carbocycles. The van der Waals surface area contributed by atoms with Crippen molar-refractivity contribution in [1.82, 2.24) is 4.98 Å². The van der Waals surface area contributed by atoms with Gasteiger partial charge in [-0.2, -0.15) is 0 Å². The van der Waals surface area contributed by atoms with Crippen molar-refractivity contribution in [2.24, 2.45) is 4.99 Å². The summed E-state index contributed by atoms with van der Waals surface area (Å²) in [6, 6.07) is 4.38. The molecular weight excluding hydrogens is 194 g/mol. The van der Waals surface area contributed by atoms with Gasteiger partial charge < -0.3 is 5.32 Å². The second-order valence-corrected chi connectivity index (χ2v) is 4.36. The lowest BCUT2D eigenvalue weighted by molar-refractivity contribution is 0.865. The number of hydrogen-bond acceptors (Lipinski definition) is 4. The minimum atomic E-state index is 0.430. The van der Waals surface area contributed by atoms with Crippen molar-refractivity contribution in [2.45, 2.75) is 19.9 Å². The molecule has 0 amide bonds. The van der Waals surface area contributed by atoms with Crippen LogP contribution in [0.25, 0.3) is 0 Å². The van der Waals surface area contributed by atoms with E-state index in [4.69, 9.17) is 0 Å². The molecule has 1 aromatic heterocycles. The molecule has 74 valence electrons. The molecule has 1 unspecified atom stereocenters. The van der Waals surface area contributed by atoms with E-state index in [1.54, 1.807) is 18.0 Å². The van der Waals surface area contributed by atoms with Gasteiger partial charge in [-0.15, -0.1) is 0 Å². The zero-order valence-corrected chi connectivity index (χ0v) is 9.14. The van der Waals surface area contributed by atoms with Crippen LogP contribution in [0.5, 0.6) is 0 Å². The summed E-state index contributed by atoms with van der Waals surface area (Å²) in [6.07, 6.45) is 1.80. The van der Waals surface area contributed by atoms with Crippen molar-refractivity contribution < 1.29 is 0 Å². The lowest BCUT2D eigenvalue weighted by Gasteiger charge is -2.06. The number of anilines is 1. The second kappa shape index (κ2) is 4.00. The Labute approximate surface area is 88.0 Å². The summed E-state index contributed by atoms with van der Waals surface area (Å²) in [7, 11) is 0. The standard InChI is InChI=1S/C10H13N3S/c1-7-6-14-10(12-7)13-9-4-3-5-11-8(9)2/h3-5,7H,6H2,1-2H3,(H,12,13). The summed E-state index contributed by atoms with van der Waals surface area (Å²) >= 11 is 1.77. The number of nitrogens with one attached hydrogen (secondary N) is 1. The van der Waals surface area contributed by atoms with Gasteiger partial charge in [-0.25, -0.2) is 0 Å². The Balaban J connectivity index is 2.12. The summed E-state index contributed by atoms with van der Waals surface area (Å²) in [5.41, 5.74) is 2.06. The molecule has 4 heteroatoms. The number of amidine groups is 1. The zero-order chi connectivity index (χ0) is 9.97. The van der Waals surface area contributed by atoms with Crippen molar-refractivity contribution >= 4 is 22.6 Å². The first-order valence-electron chi connectivity index (χ1n) is 4.65. The molecule has 0 saturated heterocycles. The second-order valence-electron chi connectivity index (χ2n) is 3.36. The molecule has 0 aliphatic carbocycles. The van der Waals surface area contributed by atoms with E-state index < -0.39 is 0 Å². The van der Waals surface area contributed by atoms with Gasteiger partial charge in [0.1, 0.15) is 0 Å². The molecule has 0 fully saturated rings. The third-order valence-electron chi connectivity index (χ3n) is 2.05. The minimum absolute atomic E-state index is 0.430. The van der Waals surface area contributed by atoms with Gasteiger partial charge >= 0.3 is 0 Å². The Morgan fingerprint density at radius 1 is 1.57 bits per heavy atom. The van der Waals surface area contributed by atoms with Gasteiger partial charge in [-0.1, -0.05) is 11.8 Å². The molecule has 3 nitrogen and oxygen atoms in total. The molecule has 0 bridgehead atoms. The van der Waals surface area contributed by atoms with Crippen LogP contribution in [0.4, 0.5) is 5.69 Å². The highest BCUT2D eigenvalue weighted by atomic mass is 32.2. The van der Waals surface area contributed by atoms with Crippen LogP contribution in [-0.2, 0) is 0 Å². The molecule has 2 heterocycles. The maximum absolute atomic E-state index is 4.47. The summed E-state index contributed by atoms with van der Waals surface area (Å²) in [5.74, 6) is 1.07. The Morgan fingerprint density at radius 2 is 2.43 bits per heavy atom. The first kappa shape index (κ1) is 9.52. The van der Waals surface area contributed by atoms with Crippen LogP contribution >= 0.6 is 11.8 Å². The highest BCUT2D eigenvalue weighted by Gasteiger charge is 2.14. The monoisotopic (exact) mass is 207 g/mol. The van der Waals surface area contributed by atoms with Crippen LogP contribution in [0.2, 0.25) is 0 Å². The van der Waals surface area contributed by atoms with E-state index in [0.717, 1.165) is 22.3 Å². The molecule has 0 radical (unpaired) electrons. The van der Waals surface area contributed by atoms with Gasteiger partial charge in [0.2, 0.25) is 0 Å². The third-order valence-corrected chi connectivity index (χ3v) is 3.18. The highest BCUT2D eigenvalue weighted by molar-refractivity contribution is 8.14. The van der Waals surface area contributed by atoms with Crippen molar-refractivity contribution in [3.8, 4) is 0 Å². The smallest absolute Gasteiger partial charge is 0.161 e. The minimum Gasteiger partial charge on any atom is -0.333 e. The molecular formula is C10H13N3S. The van der Waals surface area contributed by atoms with Gasteiger partial charge in [0.15, 0.2) is 5.17 Å². The van der Waals surface area contributed by atoms with Crippen LogP contribution in [0.3, 0.4) is 0 Å². The van der Waals surface area contributed by atoms with Crippen molar-refractivity contribution in [2.75, 3.05) is 11.1 Å². The van der Waals surface area contributed by atoms with Crippen LogP contribution in [0.1, 0.15) is 12.6 Å². The van der Waals surface area contributed by atoms with Gasteiger partial charge in [0.25, 0.3) is 0 Å². The Bertz CT molecular complexity index is 362. The summed E-state index contributed by atoms with van der Waals surface area (Å²) in [6.45, 7) is 4.11. The third kappa shape index (κ3) is 2.07. The van der Waals surface area contributed by atoms with Gasteiger partial charge in [-0.05, 0) is 26.0 Å². The largest absolute Gasteiger partial charge is 0.333 e. The lowest BCUT2D eigenvalue weighted by Crippen LogP contribution is -2.06. The topological polar surface area (TPSA) is 37.3 Å². The number of pyridine rings is 1. The van der Waals surface area contributed by atoms with Crippen LogP contribution < -0.4 is 5.32 Å². The first-order valence-corrected chi connectivity index (χ1v) is 5.63. The van der Waals surface area contributed by atoms with E-state index in [9.17, 15) is 0 Å². The highest BCUT2D eigenvalue weighted by Crippen LogP contribution is 2.20. The normalized spacial score (nSPS) is 20.7. The molecule has 1 atom stereocenters. The summed E-state index contributed by atoms with van der Waals surface area (Å²) in [5, 5.41) is 4.30.